The first-order chi connectivity index (χ1) is 6.75. The minimum Gasteiger partial charge on any atom is -0.304 e. The molecule has 0 spiro atoms. The van der Waals surface area contributed by atoms with Crippen LogP contribution in [0.1, 0.15) is 25.7 Å². The topological polar surface area (TPSA) is 6.48 Å². The van der Waals surface area contributed by atoms with Crippen molar-refractivity contribution >= 4 is 12.6 Å². The molecule has 0 aromatic heterocycles. The molecule has 0 aromatic rings. The Morgan fingerprint density at radius 1 is 0.929 bits per heavy atom. The molecule has 0 amide bonds. The fourth-order valence-corrected chi connectivity index (χ4v) is 2.91. The molecular formula is C11H22N2S. The van der Waals surface area contributed by atoms with Crippen LogP contribution in [0, 0.1) is 0 Å². The summed E-state index contributed by atoms with van der Waals surface area (Å²) >= 11 is 4.55. The van der Waals surface area contributed by atoms with Crippen molar-refractivity contribution in [1.29, 1.82) is 0 Å². The molecule has 0 unspecified atom stereocenters. The minimum atomic E-state index is 0.679. The van der Waals surface area contributed by atoms with Crippen molar-refractivity contribution < 1.29 is 0 Å². The highest BCUT2D eigenvalue weighted by Gasteiger charge is 2.26. The second-order valence-corrected chi connectivity index (χ2v) is 5.53. The maximum absolute atomic E-state index is 4.55. The van der Waals surface area contributed by atoms with Crippen molar-refractivity contribution in [2.45, 2.75) is 37.0 Å². The van der Waals surface area contributed by atoms with Crippen LogP contribution in [-0.2, 0) is 0 Å². The SMILES string of the molecule is CN1CCN(C2CCC(S)CC2)CC1. The van der Waals surface area contributed by atoms with Gasteiger partial charge >= 0.3 is 0 Å². The van der Waals surface area contributed by atoms with Crippen molar-refractivity contribution in [3.8, 4) is 0 Å². The van der Waals surface area contributed by atoms with E-state index in [1.54, 1.807) is 0 Å². The zero-order valence-corrected chi connectivity index (χ0v) is 10.0. The Kier molecular flexibility index (Phi) is 3.74. The summed E-state index contributed by atoms with van der Waals surface area (Å²) in [6.07, 6.45) is 5.38. The number of piperazine rings is 1. The van der Waals surface area contributed by atoms with E-state index in [0.29, 0.717) is 5.25 Å². The van der Waals surface area contributed by atoms with Crippen LogP contribution in [0.4, 0.5) is 0 Å². The van der Waals surface area contributed by atoms with Crippen molar-refractivity contribution in [2.75, 3.05) is 33.2 Å². The van der Waals surface area contributed by atoms with Crippen molar-refractivity contribution in [3.63, 3.8) is 0 Å². The molecule has 1 heterocycles. The summed E-state index contributed by atoms with van der Waals surface area (Å²) in [6, 6.07) is 0.868. The third-order valence-electron chi connectivity index (χ3n) is 3.72. The number of rotatable bonds is 1. The van der Waals surface area contributed by atoms with Crippen LogP contribution in [0.25, 0.3) is 0 Å². The molecule has 0 bridgehead atoms. The smallest absolute Gasteiger partial charge is 0.0113 e. The fraction of sp³-hybridized carbons (Fsp3) is 1.00. The van der Waals surface area contributed by atoms with Crippen molar-refractivity contribution in [3.05, 3.63) is 0 Å². The Morgan fingerprint density at radius 2 is 1.50 bits per heavy atom. The second-order valence-electron chi connectivity index (χ2n) is 4.80. The van der Waals surface area contributed by atoms with E-state index in [9.17, 15) is 0 Å². The monoisotopic (exact) mass is 214 g/mol. The summed E-state index contributed by atoms with van der Waals surface area (Å²) in [5.41, 5.74) is 0. The highest BCUT2D eigenvalue weighted by atomic mass is 32.1. The van der Waals surface area contributed by atoms with Crippen LogP contribution >= 0.6 is 12.6 Å². The van der Waals surface area contributed by atoms with Gasteiger partial charge in [0, 0.05) is 37.5 Å². The minimum absolute atomic E-state index is 0.679. The number of hydrogen-bond donors (Lipinski definition) is 1. The molecule has 0 N–H and O–H groups in total. The number of likely N-dealkylation sites (N-methyl/N-ethyl adjacent to an activating group) is 1. The lowest BCUT2D eigenvalue weighted by Gasteiger charge is -2.40. The average molecular weight is 214 g/mol. The third kappa shape index (κ3) is 2.65. The maximum atomic E-state index is 4.55. The van der Waals surface area contributed by atoms with Crippen LogP contribution in [0.15, 0.2) is 0 Å². The van der Waals surface area contributed by atoms with Gasteiger partial charge in [0.1, 0.15) is 0 Å². The zero-order chi connectivity index (χ0) is 9.97. The maximum Gasteiger partial charge on any atom is 0.0113 e. The van der Waals surface area contributed by atoms with Gasteiger partial charge in [-0.1, -0.05) is 0 Å². The average Bonchev–Trinajstić information content (AvgIpc) is 2.21. The highest BCUT2D eigenvalue weighted by molar-refractivity contribution is 7.80. The molecule has 3 heteroatoms. The van der Waals surface area contributed by atoms with Gasteiger partial charge in [0.2, 0.25) is 0 Å². The van der Waals surface area contributed by atoms with Crippen LogP contribution in [0.5, 0.6) is 0 Å². The first kappa shape index (κ1) is 10.8. The summed E-state index contributed by atoms with van der Waals surface area (Å²) in [7, 11) is 2.22. The van der Waals surface area contributed by atoms with Gasteiger partial charge in [-0.25, -0.2) is 0 Å². The zero-order valence-electron chi connectivity index (χ0n) is 9.15. The Labute approximate surface area is 93.1 Å². The lowest BCUT2D eigenvalue weighted by atomic mass is 9.93. The highest BCUT2D eigenvalue weighted by Crippen LogP contribution is 2.26. The Hall–Kier alpha value is 0.270. The summed E-state index contributed by atoms with van der Waals surface area (Å²) in [5.74, 6) is 0. The molecule has 0 radical (unpaired) electrons. The molecule has 14 heavy (non-hydrogen) atoms. The number of thiol groups is 1. The lowest BCUT2D eigenvalue weighted by Crippen LogP contribution is -2.49. The third-order valence-corrected chi connectivity index (χ3v) is 4.24. The predicted octanol–water partition coefficient (Wildman–Crippen LogP) is 1.47. The summed E-state index contributed by atoms with van der Waals surface area (Å²) in [6.45, 7) is 5.05. The van der Waals surface area contributed by atoms with Gasteiger partial charge in [-0.15, -0.1) is 0 Å². The normalized spacial score (nSPS) is 37.3. The molecule has 1 saturated heterocycles. The largest absolute Gasteiger partial charge is 0.304 e. The molecule has 0 aromatic carbocycles. The van der Waals surface area contributed by atoms with Gasteiger partial charge < -0.3 is 4.90 Å². The molecule has 2 rings (SSSR count). The molecule has 2 fully saturated rings. The van der Waals surface area contributed by atoms with Crippen LogP contribution in [-0.4, -0.2) is 54.3 Å². The Bertz CT molecular complexity index is 150. The summed E-state index contributed by atoms with van der Waals surface area (Å²) < 4.78 is 0. The number of nitrogens with zero attached hydrogens (tertiary/aromatic N) is 2. The summed E-state index contributed by atoms with van der Waals surface area (Å²) in [4.78, 5) is 5.13. The second kappa shape index (κ2) is 4.86. The van der Waals surface area contributed by atoms with E-state index in [1.807, 2.05) is 0 Å². The van der Waals surface area contributed by atoms with Gasteiger partial charge in [-0.3, -0.25) is 4.90 Å². The van der Waals surface area contributed by atoms with E-state index in [1.165, 1.54) is 51.9 Å². The first-order valence-corrected chi connectivity index (χ1v) is 6.38. The molecular weight excluding hydrogens is 192 g/mol. The van der Waals surface area contributed by atoms with Crippen LogP contribution in [0.2, 0.25) is 0 Å². The lowest BCUT2D eigenvalue weighted by molar-refractivity contribution is 0.0923. The van der Waals surface area contributed by atoms with Crippen LogP contribution < -0.4 is 0 Å². The first-order valence-electron chi connectivity index (χ1n) is 5.86. The Morgan fingerprint density at radius 3 is 2.07 bits per heavy atom. The quantitative estimate of drug-likeness (QED) is 0.661. The van der Waals surface area contributed by atoms with Gasteiger partial charge in [-0.2, -0.15) is 12.6 Å². The van der Waals surface area contributed by atoms with E-state index in [-0.39, 0.29) is 0 Å². The summed E-state index contributed by atoms with van der Waals surface area (Å²) in [5, 5.41) is 0.679. The standard InChI is InChI=1S/C11H22N2S/c1-12-6-8-13(9-7-12)10-2-4-11(14)5-3-10/h10-11,14H,2-9H2,1H3. The Balaban J connectivity index is 1.78. The van der Waals surface area contributed by atoms with Crippen molar-refractivity contribution in [1.82, 2.24) is 9.80 Å². The molecule has 1 saturated carbocycles. The molecule has 1 aliphatic heterocycles. The fourth-order valence-electron chi connectivity index (χ4n) is 2.61. The van der Waals surface area contributed by atoms with Gasteiger partial charge in [0.15, 0.2) is 0 Å². The van der Waals surface area contributed by atoms with E-state index in [2.05, 4.69) is 29.5 Å². The molecule has 0 atom stereocenters. The molecule has 82 valence electrons. The number of hydrogen-bond acceptors (Lipinski definition) is 3. The van der Waals surface area contributed by atoms with E-state index in [4.69, 9.17) is 0 Å². The van der Waals surface area contributed by atoms with Gasteiger partial charge in [0.25, 0.3) is 0 Å². The van der Waals surface area contributed by atoms with Crippen LogP contribution in [0.3, 0.4) is 0 Å². The molecule has 1 aliphatic carbocycles. The van der Waals surface area contributed by atoms with Gasteiger partial charge in [0.05, 0.1) is 0 Å². The molecule has 2 nitrogen and oxygen atoms in total. The van der Waals surface area contributed by atoms with E-state index < -0.39 is 0 Å². The predicted molar refractivity (Wildman–Crippen MR) is 64.1 cm³/mol. The van der Waals surface area contributed by atoms with E-state index in [0.717, 1.165) is 6.04 Å². The molecule has 2 aliphatic rings. The van der Waals surface area contributed by atoms with Gasteiger partial charge in [-0.05, 0) is 32.7 Å². The van der Waals surface area contributed by atoms with E-state index >= 15 is 0 Å². The van der Waals surface area contributed by atoms with Crippen molar-refractivity contribution in [2.24, 2.45) is 0 Å².